The molecule has 146 valence electrons. The Morgan fingerprint density at radius 2 is 2.00 bits per heavy atom. The van der Waals surface area contributed by atoms with Crippen molar-refractivity contribution in [3.05, 3.63) is 17.0 Å². The molecule has 2 amide bonds. The van der Waals surface area contributed by atoms with Gasteiger partial charge in [0, 0.05) is 37.9 Å². The fraction of sp³-hybridized carbons (Fsp3) is 0.789. The van der Waals surface area contributed by atoms with Crippen LogP contribution in [0.25, 0.3) is 0 Å². The molecule has 1 aliphatic heterocycles. The number of H-pyrrole nitrogens is 1. The number of aryl methyl sites for hydroxylation is 1. The largest absolute Gasteiger partial charge is 0.379 e. The van der Waals surface area contributed by atoms with Gasteiger partial charge in [-0.1, -0.05) is 6.42 Å². The number of morpholine rings is 1. The van der Waals surface area contributed by atoms with Crippen LogP contribution in [0.1, 0.15) is 50.1 Å². The number of aromatic amines is 1. The molecule has 0 saturated carbocycles. The number of nitrogens with zero attached hydrogens (tertiary/aromatic N) is 3. The van der Waals surface area contributed by atoms with Crippen LogP contribution in [-0.2, 0) is 24.1 Å². The second-order valence-electron chi connectivity index (χ2n) is 8.25. The molecule has 7 nitrogen and oxygen atoms in total. The molecule has 2 aliphatic rings. The molecular formula is C19H33N5O2. The van der Waals surface area contributed by atoms with Gasteiger partial charge < -0.3 is 15.0 Å². The van der Waals surface area contributed by atoms with Crippen molar-refractivity contribution < 1.29 is 9.53 Å². The molecule has 1 aliphatic carbocycles. The van der Waals surface area contributed by atoms with Crippen LogP contribution < -0.4 is 5.32 Å². The average Bonchev–Trinajstić information content (AvgIpc) is 2.82. The van der Waals surface area contributed by atoms with E-state index in [0.717, 1.165) is 51.4 Å². The van der Waals surface area contributed by atoms with E-state index in [9.17, 15) is 4.79 Å². The molecule has 1 aromatic rings. The van der Waals surface area contributed by atoms with Crippen LogP contribution in [0.4, 0.5) is 4.79 Å². The van der Waals surface area contributed by atoms with Crippen molar-refractivity contribution in [2.24, 2.45) is 0 Å². The summed E-state index contributed by atoms with van der Waals surface area (Å²) in [5, 5.41) is 10.8. The van der Waals surface area contributed by atoms with Crippen LogP contribution in [0.5, 0.6) is 0 Å². The first-order valence-corrected chi connectivity index (χ1v) is 9.83. The van der Waals surface area contributed by atoms with Gasteiger partial charge in [-0.05, 0) is 45.1 Å². The maximum Gasteiger partial charge on any atom is 0.317 e. The van der Waals surface area contributed by atoms with Crippen LogP contribution in [0.3, 0.4) is 0 Å². The molecular weight excluding hydrogens is 330 g/mol. The van der Waals surface area contributed by atoms with Crippen LogP contribution in [0, 0.1) is 0 Å². The van der Waals surface area contributed by atoms with E-state index in [1.165, 1.54) is 30.5 Å². The predicted octanol–water partition coefficient (Wildman–Crippen LogP) is 1.93. The van der Waals surface area contributed by atoms with E-state index in [1.807, 2.05) is 7.05 Å². The van der Waals surface area contributed by atoms with Crippen LogP contribution in [-0.4, -0.2) is 71.5 Å². The molecule has 2 heterocycles. The predicted molar refractivity (Wildman–Crippen MR) is 101 cm³/mol. The van der Waals surface area contributed by atoms with Crippen molar-refractivity contribution in [1.82, 2.24) is 25.3 Å². The van der Waals surface area contributed by atoms with Gasteiger partial charge in [0.2, 0.25) is 0 Å². The highest BCUT2D eigenvalue weighted by atomic mass is 16.5. The van der Waals surface area contributed by atoms with E-state index < -0.39 is 0 Å². The van der Waals surface area contributed by atoms with Crippen molar-refractivity contribution in [1.29, 1.82) is 0 Å². The monoisotopic (exact) mass is 363 g/mol. The van der Waals surface area contributed by atoms with Crippen molar-refractivity contribution in [3.8, 4) is 0 Å². The molecule has 0 atom stereocenters. The molecule has 0 bridgehead atoms. The summed E-state index contributed by atoms with van der Waals surface area (Å²) < 4.78 is 5.40. The quantitative estimate of drug-likeness (QED) is 0.784. The Kier molecular flexibility index (Phi) is 6.19. The Labute approximate surface area is 156 Å². The summed E-state index contributed by atoms with van der Waals surface area (Å²) >= 11 is 0. The number of hydrogen-bond donors (Lipinski definition) is 2. The zero-order valence-electron chi connectivity index (χ0n) is 16.4. The highest BCUT2D eigenvalue weighted by Gasteiger charge is 2.27. The van der Waals surface area contributed by atoms with Gasteiger partial charge in [0.1, 0.15) is 0 Å². The first-order valence-electron chi connectivity index (χ1n) is 9.83. The number of amides is 2. The summed E-state index contributed by atoms with van der Waals surface area (Å²) in [6, 6.07) is -0.0476. The molecule has 0 unspecified atom stereocenters. The van der Waals surface area contributed by atoms with E-state index in [2.05, 4.69) is 34.3 Å². The number of urea groups is 1. The zero-order valence-corrected chi connectivity index (χ0v) is 16.4. The average molecular weight is 364 g/mol. The van der Waals surface area contributed by atoms with Crippen molar-refractivity contribution in [3.63, 3.8) is 0 Å². The third-order valence-electron chi connectivity index (χ3n) is 5.29. The fourth-order valence-corrected chi connectivity index (χ4v) is 3.90. The summed E-state index contributed by atoms with van der Waals surface area (Å²) in [4.78, 5) is 16.8. The molecule has 2 N–H and O–H groups in total. The lowest BCUT2D eigenvalue weighted by Gasteiger charge is -2.36. The van der Waals surface area contributed by atoms with Crippen LogP contribution >= 0.6 is 0 Å². The van der Waals surface area contributed by atoms with Gasteiger partial charge in [-0.15, -0.1) is 0 Å². The summed E-state index contributed by atoms with van der Waals surface area (Å²) in [6.45, 7) is 8.92. The number of hydrogen-bond acceptors (Lipinski definition) is 4. The first-order chi connectivity index (χ1) is 12.4. The molecule has 26 heavy (non-hydrogen) atoms. The topological polar surface area (TPSA) is 73.5 Å². The zero-order chi connectivity index (χ0) is 18.6. The van der Waals surface area contributed by atoms with Gasteiger partial charge in [0.25, 0.3) is 0 Å². The number of carbonyl (C=O) groups is 1. The second-order valence-corrected chi connectivity index (χ2v) is 8.25. The Hall–Kier alpha value is -1.60. The molecule has 0 aromatic carbocycles. The Balaban J connectivity index is 1.55. The van der Waals surface area contributed by atoms with E-state index in [0.29, 0.717) is 6.54 Å². The van der Waals surface area contributed by atoms with Crippen LogP contribution in [0.15, 0.2) is 0 Å². The van der Waals surface area contributed by atoms with Gasteiger partial charge in [-0.3, -0.25) is 10.00 Å². The van der Waals surface area contributed by atoms with E-state index in [4.69, 9.17) is 4.74 Å². The van der Waals surface area contributed by atoms with Gasteiger partial charge in [-0.25, -0.2) is 4.79 Å². The Morgan fingerprint density at radius 3 is 2.77 bits per heavy atom. The minimum Gasteiger partial charge on any atom is -0.379 e. The number of carbonyl (C=O) groups excluding carboxylic acids is 1. The normalized spacial score (nSPS) is 18.9. The minimum atomic E-state index is -0.287. The van der Waals surface area contributed by atoms with E-state index >= 15 is 0 Å². The highest BCUT2D eigenvalue weighted by Crippen LogP contribution is 2.22. The summed E-state index contributed by atoms with van der Waals surface area (Å²) in [5.41, 5.74) is 3.32. The fourth-order valence-electron chi connectivity index (χ4n) is 3.90. The first kappa shape index (κ1) is 19.2. The lowest BCUT2D eigenvalue weighted by atomic mass is 10.0. The number of nitrogens with one attached hydrogen (secondary N) is 2. The smallest absolute Gasteiger partial charge is 0.317 e. The number of ether oxygens (including phenoxy) is 1. The standard InChI is InChI=1S/C19H33N5O2/c1-19(2,14-24-9-11-26-12-10-24)20-18(25)23(3)13-17-15-7-5-4-6-8-16(15)21-22-17/h4-14H2,1-3H3,(H,20,25)(H,21,22). The van der Waals surface area contributed by atoms with E-state index in [1.54, 1.807) is 4.90 Å². The van der Waals surface area contributed by atoms with Crippen molar-refractivity contribution in [2.45, 2.75) is 58.0 Å². The van der Waals surface area contributed by atoms with Gasteiger partial charge in [0.15, 0.2) is 0 Å². The van der Waals surface area contributed by atoms with E-state index in [-0.39, 0.29) is 11.6 Å². The van der Waals surface area contributed by atoms with Gasteiger partial charge >= 0.3 is 6.03 Å². The summed E-state index contributed by atoms with van der Waals surface area (Å²) in [5.74, 6) is 0. The number of rotatable bonds is 5. The highest BCUT2D eigenvalue weighted by molar-refractivity contribution is 5.74. The lowest BCUT2D eigenvalue weighted by molar-refractivity contribution is 0.0276. The van der Waals surface area contributed by atoms with Crippen molar-refractivity contribution >= 4 is 6.03 Å². The maximum absolute atomic E-state index is 12.7. The summed E-state index contributed by atoms with van der Waals surface area (Å²) in [6.07, 6.45) is 5.85. The third kappa shape index (κ3) is 4.98. The lowest BCUT2D eigenvalue weighted by Crippen LogP contribution is -2.55. The number of aromatic nitrogens is 2. The molecule has 0 radical (unpaired) electrons. The van der Waals surface area contributed by atoms with Crippen molar-refractivity contribution in [2.75, 3.05) is 39.9 Å². The summed E-state index contributed by atoms with van der Waals surface area (Å²) in [7, 11) is 1.85. The SMILES string of the molecule is CN(Cc1n[nH]c2c1CCCCC2)C(=O)NC(C)(C)CN1CCOCC1. The number of fused-ring (bicyclic) bond motifs is 1. The maximum atomic E-state index is 12.7. The minimum absolute atomic E-state index is 0.0476. The second kappa shape index (κ2) is 8.39. The van der Waals surface area contributed by atoms with Gasteiger partial charge in [-0.2, -0.15) is 5.10 Å². The Morgan fingerprint density at radius 1 is 1.27 bits per heavy atom. The molecule has 1 saturated heterocycles. The van der Waals surface area contributed by atoms with Gasteiger partial charge in [0.05, 0.1) is 25.5 Å². The molecule has 0 spiro atoms. The molecule has 3 rings (SSSR count). The third-order valence-corrected chi connectivity index (χ3v) is 5.29. The van der Waals surface area contributed by atoms with Crippen LogP contribution in [0.2, 0.25) is 0 Å². The Bertz CT molecular complexity index is 607. The molecule has 1 aromatic heterocycles. The molecule has 1 fully saturated rings. The molecule has 7 heteroatoms.